The maximum Gasteiger partial charge on any atom is 0.340 e. The lowest BCUT2D eigenvalue weighted by atomic mass is 10.1. The smallest absolute Gasteiger partial charge is 0.340 e. The fraction of sp³-hybridized carbons (Fsp3) is 0.278. The Hall–Kier alpha value is -5.74. The van der Waals surface area contributed by atoms with Crippen molar-refractivity contribution in [2.45, 2.75) is 66.9 Å². The highest BCUT2D eigenvalue weighted by Gasteiger charge is 2.21. The summed E-state index contributed by atoms with van der Waals surface area (Å²) < 4.78 is 50.2. The van der Waals surface area contributed by atoms with Crippen LogP contribution in [-0.2, 0) is 40.7 Å². The van der Waals surface area contributed by atoms with E-state index in [1.807, 2.05) is 84.9 Å². The van der Waals surface area contributed by atoms with E-state index in [2.05, 4.69) is 19.9 Å². The first kappa shape index (κ1) is 40.7. The number of nitrogens with zero attached hydrogens (tertiary/aromatic N) is 4. The van der Waals surface area contributed by atoms with Gasteiger partial charge in [-0.15, -0.1) is 0 Å². The van der Waals surface area contributed by atoms with E-state index in [9.17, 15) is 9.59 Å². The molecule has 0 atom stereocenters. The van der Waals surface area contributed by atoms with Gasteiger partial charge in [-0.2, -0.15) is 16.8 Å². The fourth-order valence-electron chi connectivity index (χ4n) is 4.79. The van der Waals surface area contributed by atoms with Crippen LogP contribution in [0.2, 0.25) is 0 Å². The Morgan fingerprint density at radius 2 is 1.12 bits per heavy atom. The number of aromatic carboxylic acids is 1. The zero-order valence-electron chi connectivity index (χ0n) is 29.4. The van der Waals surface area contributed by atoms with Crippen LogP contribution in [0.25, 0.3) is 45.4 Å². The first-order chi connectivity index (χ1) is 24.7. The lowest BCUT2D eigenvalue weighted by Gasteiger charge is -2.19. The first-order valence-corrected chi connectivity index (χ1v) is 17.0. The van der Waals surface area contributed by atoms with Gasteiger partial charge in [-0.1, -0.05) is 26.0 Å². The van der Waals surface area contributed by atoms with Gasteiger partial charge in [0.15, 0.2) is 11.2 Å². The van der Waals surface area contributed by atoms with Crippen LogP contribution in [0.5, 0.6) is 0 Å². The van der Waals surface area contributed by atoms with Crippen molar-refractivity contribution in [3.05, 3.63) is 94.3 Å². The van der Waals surface area contributed by atoms with E-state index in [1.165, 1.54) is 12.4 Å². The van der Waals surface area contributed by atoms with Gasteiger partial charge in [-0.25, -0.2) is 29.5 Å². The minimum absolute atomic E-state index is 0.169. The van der Waals surface area contributed by atoms with E-state index in [0.29, 0.717) is 47.2 Å². The Kier molecular flexibility index (Phi) is 14.5. The molecule has 1 N–H and O–H groups in total. The second-order valence-electron chi connectivity index (χ2n) is 12.1. The maximum absolute atomic E-state index is 12.3. The van der Waals surface area contributed by atoms with Crippen LogP contribution in [-0.4, -0.2) is 59.4 Å². The quantitative estimate of drug-likeness (QED) is 0.173. The standard InChI is InChI=1S/C20H22N2O3.C16H14N2O3.2O2S/c1-6-13-10-14(19(23)25-20(3,4)5)11-21-17(13)18-22-15-9-12(2)7-8-16(15)24-18;1-3-10-7-11(16(19)20)8-17-14(10)15-18-12-6-9(2)4-5-13(12)21-15;2*1-3-2/h7-11H,6H2,1-5H3;4-8H,3H2,1-2H3,(H,19,20);;. The van der Waals surface area contributed by atoms with Gasteiger partial charge < -0.3 is 18.7 Å². The van der Waals surface area contributed by atoms with E-state index in [-0.39, 0.29) is 11.5 Å². The molecule has 16 heteroatoms. The number of hydrogen-bond acceptors (Lipinski definition) is 13. The van der Waals surface area contributed by atoms with Gasteiger partial charge in [0.1, 0.15) is 28.0 Å². The lowest BCUT2D eigenvalue weighted by molar-refractivity contribution is 0.00686. The average Bonchev–Trinajstić information content (AvgIpc) is 3.71. The van der Waals surface area contributed by atoms with Crippen molar-refractivity contribution in [2.24, 2.45) is 0 Å². The van der Waals surface area contributed by atoms with Crippen molar-refractivity contribution in [3.8, 4) is 23.2 Å². The number of pyridine rings is 2. The molecule has 0 aliphatic rings. The number of aryl methyl sites for hydroxylation is 4. The van der Waals surface area contributed by atoms with Crippen LogP contribution in [0.3, 0.4) is 0 Å². The third kappa shape index (κ3) is 10.9. The number of aromatic nitrogens is 4. The molecule has 0 bridgehead atoms. The topological polar surface area (TPSA) is 210 Å². The predicted molar refractivity (Wildman–Crippen MR) is 193 cm³/mol. The number of carboxylic acids is 1. The number of fused-ring (bicyclic) bond motifs is 2. The van der Waals surface area contributed by atoms with Crippen molar-refractivity contribution < 1.29 is 45.1 Å². The highest BCUT2D eigenvalue weighted by Crippen LogP contribution is 2.28. The molecule has 0 fully saturated rings. The van der Waals surface area contributed by atoms with Crippen LogP contribution in [0.4, 0.5) is 0 Å². The number of rotatable bonds is 6. The number of benzene rings is 2. The Morgan fingerprint density at radius 1 is 0.712 bits per heavy atom. The Bertz CT molecular complexity index is 2270. The van der Waals surface area contributed by atoms with Gasteiger partial charge in [-0.3, -0.25) is 0 Å². The molecule has 0 aliphatic heterocycles. The molecule has 0 spiro atoms. The SMILES string of the molecule is CCc1cc(C(=O)O)cnc1-c1nc2cc(C)ccc2o1.CCc1cc(C(=O)OC(C)(C)C)cnc1-c1nc2cc(C)ccc2o1.O=S=O.O=S=O. The van der Waals surface area contributed by atoms with Crippen LogP contribution in [0.1, 0.15) is 77.6 Å². The molecule has 0 unspecified atom stereocenters. The summed E-state index contributed by atoms with van der Waals surface area (Å²) in [5.41, 5.74) is 8.23. The number of carboxylic acid groups (broad SMARTS) is 1. The Labute approximate surface area is 305 Å². The highest BCUT2D eigenvalue weighted by atomic mass is 32.1. The molecule has 0 aliphatic carbocycles. The van der Waals surface area contributed by atoms with E-state index in [4.69, 9.17) is 35.5 Å². The third-order valence-corrected chi connectivity index (χ3v) is 7.07. The van der Waals surface area contributed by atoms with E-state index in [1.54, 1.807) is 12.1 Å². The highest BCUT2D eigenvalue weighted by molar-refractivity contribution is 7.51. The zero-order valence-corrected chi connectivity index (χ0v) is 31.0. The Morgan fingerprint density at radius 3 is 1.50 bits per heavy atom. The average molecular weight is 749 g/mol. The second kappa shape index (κ2) is 18.5. The molecule has 52 heavy (non-hydrogen) atoms. The largest absolute Gasteiger partial charge is 0.478 e. The summed E-state index contributed by atoms with van der Waals surface area (Å²) in [5, 5.41) is 9.03. The Balaban J connectivity index is 0.000000246. The van der Waals surface area contributed by atoms with Crippen molar-refractivity contribution in [1.29, 1.82) is 0 Å². The molecule has 6 aromatic rings. The monoisotopic (exact) mass is 748 g/mol. The van der Waals surface area contributed by atoms with Crippen molar-refractivity contribution in [2.75, 3.05) is 0 Å². The molecule has 0 amide bonds. The fourth-order valence-corrected chi connectivity index (χ4v) is 4.79. The maximum atomic E-state index is 12.3. The molecule has 14 nitrogen and oxygen atoms in total. The van der Waals surface area contributed by atoms with Crippen molar-refractivity contribution in [1.82, 2.24) is 19.9 Å². The molecule has 272 valence electrons. The van der Waals surface area contributed by atoms with Gasteiger partial charge >= 0.3 is 35.1 Å². The summed E-state index contributed by atoms with van der Waals surface area (Å²) in [4.78, 5) is 40.9. The van der Waals surface area contributed by atoms with Crippen molar-refractivity contribution in [3.63, 3.8) is 0 Å². The predicted octanol–water partition coefficient (Wildman–Crippen LogP) is 6.83. The second-order valence-corrected chi connectivity index (χ2v) is 12.4. The minimum atomic E-state index is -0.989. The van der Waals surface area contributed by atoms with E-state index in [0.717, 1.165) is 38.9 Å². The van der Waals surface area contributed by atoms with Crippen LogP contribution >= 0.6 is 0 Å². The summed E-state index contributed by atoms with van der Waals surface area (Å²) in [5.74, 6) is -0.482. The summed E-state index contributed by atoms with van der Waals surface area (Å²) in [7, 11) is 0. The number of ether oxygens (including phenoxy) is 1. The third-order valence-electron chi connectivity index (χ3n) is 7.07. The molecular weight excluding hydrogens is 713 g/mol. The van der Waals surface area contributed by atoms with Gasteiger partial charge in [-0.05, 0) is 106 Å². The van der Waals surface area contributed by atoms with Crippen LogP contribution < -0.4 is 0 Å². The minimum Gasteiger partial charge on any atom is -0.478 e. The molecule has 4 heterocycles. The molecule has 2 aromatic carbocycles. The number of hydrogen-bond donors (Lipinski definition) is 1. The molecule has 0 saturated heterocycles. The van der Waals surface area contributed by atoms with E-state index >= 15 is 0 Å². The first-order valence-electron chi connectivity index (χ1n) is 15.7. The zero-order chi connectivity index (χ0) is 38.6. The van der Waals surface area contributed by atoms with E-state index < -0.39 is 34.7 Å². The molecular formula is C36H36N4O10S2. The summed E-state index contributed by atoms with van der Waals surface area (Å²) >= 11 is -1.50. The lowest BCUT2D eigenvalue weighted by Crippen LogP contribution is -2.24. The normalized spacial score (nSPS) is 10.5. The molecule has 0 saturated carbocycles. The number of esters is 1. The summed E-state index contributed by atoms with van der Waals surface area (Å²) in [6.45, 7) is 13.5. The van der Waals surface area contributed by atoms with Gasteiger partial charge in [0, 0.05) is 12.4 Å². The van der Waals surface area contributed by atoms with Gasteiger partial charge in [0.05, 0.1) is 11.1 Å². The van der Waals surface area contributed by atoms with Crippen LogP contribution in [0, 0.1) is 13.8 Å². The molecule has 0 radical (unpaired) electrons. The number of oxazole rings is 2. The molecule has 4 aromatic heterocycles. The van der Waals surface area contributed by atoms with Gasteiger partial charge in [0.2, 0.25) is 11.8 Å². The number of carbonyl (C=O) groups is 2. The molecule has 6 rings (SSSR count). The van der Waals surface area contributed by atoms with Crippen LogP contribution in [0.15, 0.2) is 69.8 Å². The summed E-state index contributed by atoms with van der Waals surface area (Å²) in [6, 6.07) is 15.1. The van der Waals surface area contributed by atoms with Gasteiger partial charge in [0.25, 0.3) is 0 Å². The number of carbonyl (C=O) groups excluding carboxylic acids is 1. The van der Waals surface area contributed by atoms with Crippen molar-refractivity contribution >= 4 is 57.3 Å². The summed E-state index contributed by atoms with van der Waals surface area (Å²) in [6.07, 6.45) is 4.21.